The summed E-state index contributed by atoms with van der Waals surface area (Å²) in [5.41, 5.74) is 0. The number of nitrogens with one attached hydrogen (secondary N) is 1. The average molecular weight is 251 g/mol. The Morgan fingerprint density at radius 2 is 2.06 bits per heavy atom. The topological polar surface area (TPSA) is 21.3 Å². The maximum absolute atomic E-state index is 13.6. The molecule has 1 saturated carbocycles. The summed E-state index contributed by atoms with van der Waals surface area (Å²) in [6, 6.07) is 7.03. The van der Waals surface area contributed by atoms with Crippen LogP contribution in [-0.2, 0) is 0 Å². The molecule has 2 nitrogen and oxygen atoms in total. The first-order valence-electron chi connectivity index (χ1n) is 6.96. The molecule has 1 aliphatic rings. The molecular weight excluding hydrogens is 229 g/mol. The quantitative estimate of drug-likeness (QED) is 0.864. The second kappa shape index (κ2) is 6.74. The predicted octanol–water partition coefficient (Wildman–Crippen LogP) is 3.52. The van der Waals surface area contributed by atoms with Crippen LogP contribution in [0.25, 0.3) is 0 Å². The molecule has 1 aliphatic carbocycles. The first kappa shape index (κ1) is 13.3. The lowest BCUT2D eigenvalue weighted by atomic mass is 9.92. The number of para-hydroxylation sites is 1. The molecule has 0 amide bonds. The van der Waals surface area contributed by atoms with E-state index in [0.717, 1.165) is 25.8 Å². The molecule has 100 valence electrons. The lowest BCUT2D eigenvalue weighted by Crippen LogP contribution is -2.45. The van der Waals surface area contributed by atoms with Crippen LogP contribution in [0.1, 0.15) is 39.0 Å². The molecule has 0 aromatic heterocycles. The van der Waals surface area contributed by atoms with Gasteiger partial charge in [-0.3, -0.25) is 0 Å². The van der Waals surface area contributed by atoms with Crippen molar-refractivity contribution in [2.45, 2.75) is 51.2 Å². The van der Waals surface area contributed by atoms with Crippen LogP contribution in [0.2, 0.25) is 0 Å². The van der Waals surface area contributed by atoms with E-state index in [9.17, 15) is 4.39 Å². The van der Waals surface area contributed by atoms with Crippen molar-refractivity contribution in [3.8, 4) is 5.75 Å². The molecule has 0 heterocycles. The number of hydrogen-bond acceptors (Lipinski definition) is 2. The standard InChI is InChI=1S/C15H22FNO/c1-2-11-17-13-8-4-6-10-15(13)18-14-9-5-3-7-12(14)16/h3,5,7,9,13,15,17H,2,4,6,8,10-11H2,1H3. The van der Waals surface area contributed by atoms with Crippen molar-refractivity contribution in [1.29, 1.82) is 0 Å². The van der Waals surface area contributed by atoms with Crippen LogP contribution in [0.5, 0.6) is 5.75 Å². The largest absolute Gasteiger partial charge is 0.486 e. The Morgan fingerprint density at radius 3 is 2.83 bits per heavy atom. The van der Waals surface area contributed by atoms with Gasteiger partial charge in [0.2, 0.25) is 0 Å². The van der Waals surface area contributed by atoms with Gasteiger partial charge in [0.25, 0.3) is 0 Å². The highest BCUT2D eigenvalue weighted by Gasteiger charge is 2.26. The third-order valence-corrected chi connectivity index (χ3v) is 3.47. The van der Waals surface area contributed by atoms with Crippen molar-refractivity contribution >= 4 is 0 Å². The van der Waals surface area contributed by atoms with Crippen molar-refractivity contribution in [3.05, 3.63) is 30.1 Å². The highest BCUT2D eigenvalue weighted by molar-refractivity contribution is 5.24. The number of hydrogen-bond donors (Lipinski definition) is 1. The van der Waals surface area contributed by atoms with Gasteiger partial charge in [-0.25, -0.2) is 4.39 Å². The molecule has 0 spiro atoms. The van der Waals surface area contributed by atoms with Gasteiger partial charge in [0.15, 0.2) is 11.6 Å². The van der Waals surface area contributed by atoms with Crippen LogP contribution in [0.4, 0.5) is 4.39 Å². The van der Waals surface area contributed by atoms with Crippen LogP contribution in [0.15, 0.2) is 24.3 Å². The first-order valence-corrected chi connectivity index (χ1v) is 6.96. The van der Waals surface area contributed by atoms with Gasteiger partial charge in [0.05, 0.1) is 0 Å². The Bertz CT molecular complexity index is 369. The zero-order valence-electron chi connectivity index (χ0n) is 11.0. The van der Waals surface area contributed by atoms with Crippen LogP contribution >= 0.6 is 0 Å². The van der Waals surface area contributed by atoms with Gasteiger partial charge < -0.3 is 10.1 Å². The minimum Gasteiger partial charge on any atom is -0.486 e. The third kappa shape index (κ3) is 3.45. The molecule has 1 N–H and O–H groups in total. The fourth-order valence-corrected chi connectivity index (χ4v) is 2.50. The van der Waals surface area contributed by atoms with E-state index in [-0.39, 0.29) is 11.9 Å². The molecular formula is C15H22FNO. The molecule has 1 aromatic carbocycles. The van der Waals surface area contributed by atoms with Crippen molar-refractivity contribution < 1.29 is 9.13 Å². The molecule has 1 aromatic rings. The molecule has 2 unspecified atom stereocenters. The third-order valence-electron chi connectivity index (χ3n) is 3.47. The van der Waals surface area contributed by atoms with Gasteiger partial charge in [-0.1, -0.05) is 25.5 Å². The number of ether oxygens (including phenoxy) is 1. The Labute approximate surface area is 109 Å². The zero-order chi connectivity index (χ0) is 12.8. The Hall–Kier alpha value is -1.09. The summed E-state index contributed by atoms with van der Waals surface area (Å²) >= 11 is 0. The van der Waals surface area contributed by atoms with Crippen LogP contribution in [0.3, 0.4) is 0 Å². The fraction of sp³-hybridized carbons (Fsp3) is 0.600. The van der Waals surface area contributed by atoms with Gasteiger partial charge in [-0.2, -0.15) is 0 Å². The average Bonchev–Trinajstić information content (AvgIpc) is 2.40. The van der Waals surface area contributed by atoms with Crippen molar-refractivity contribution in [1.82, 2.24) is 5.32 Å². The summed E-state index contributed by atoms with van der Waals surface area (Å²) < 4.78 is 19.4. The van der Waals surface area contributed by atoms with Gasteiger partial charge >= 0.3 is 0 Å². The lowest BCUT2D eigenvalue weighted by molar-refractivity contribution is 0.109. The molecule has 2 atom stereocenters. The maximum Gasteiger partial charge on any atom is 0.165 e. The van der Waals surface area contributed by atoms with Crippen LogP contribution in [-0.4, -0.2) is 18.7 Å². The van der Waals surface area contributed by atoms with E-state index >= 15 is 0 Å². The van der Waals surface area contributed by atoms with Crippen molar-refractivity contribution in [2.75, 3.05) is 6.54 Å². The number of rotatable bonds is 5. The Kier molecular flexibility index (Phi) is 5.00. The summed E-state index contributed by atoms with van der Waals surface area (Å²) in [7, 11) is 0. The normalized spacial score (nSPS) is 23.9. The predicted molar refractivity (Wildman–Crippen MR) is 71.4 cm³/mol. The molecule has 0 radical (unpaired) electrons. The van der Waals surface area contributed by atoms with Crippen LogP contribution < -0.4 is 10.1 Å². The van der Waals surface area contributed by atoms with Crippen molar-refractivity contribution in [2.24, 2.45) is 0 Å². The van der Waals surface area contributed by atoms with Crippen molar-refractivity contribution in [3.63, 3.8) is 0 Å². The minimum absolute atomic E-state index is 0.0993. The number of benzene rings is 1. The molecule has 1 fully saturated rings. The molecule has 2 rings (SSSR count). The van der Waals surface area contributed by atoms with Crippen LogP contribution in [0, 0.1) is 5.82 Å². The van der Waals surface area contributed by atoms with Gasteiger partial charge in [-0.15, -0.1) is 0 Å². The van der Waals surface area contributed by atoms with E-state index in [0.29, 0.717) is 11.8 Å². The summed E-state index contributed by atoms with van der Waals surface area (Å²) in [5, 5.41) is 3.51. The molecule has 0 bridgehead atoms. The molecule has 3 heteroatoms. The first-order chi connectivity index (χ1) is 8.81. The second-order valence-electron chi connectivity index (χ2n) is 4.93. The minimum atomic E-state index is -0.266. The second-order valence-corrected chi connectivity index (χ2v) is 4.93. The molecule has 0 saturated heterocycles. The van der Waals surface area contributed by atoms with E-state index in [2.05, 4.69) is 12.2 Å². The Balaban J connectivity index is 1.98. The molecule has 0 aliphatic heterocycles. The van der Waals surface area contributed by atoms with E-state index < -0.39 is 0 Å². The molecule has 18 heavy (non-hydrogen) atoms. The van der Waals surface area contributed by atoms with E-state index in [1.165, 1.54) is 18.9 Å². The fourth-order valence-electron chi connectivity index (χ4n) is 2.50. The maximum atomic E-state index is 13.6. The van der Waals surface area contributed by atoms with E-state index in [1.807, 2.05) is 6.07 Å². The summed E-state index contributed by atoms with van der Waals surface area (Å²) in [6.45, 7) is 3.16. The smallest absolute Gasteiger partial charge is 0.165 e. The number of halogens is 1. The monoisotopic (exact) mass is 251 g/mol. The lowest BCUT2D eigenvalue weighted by Gasteiger charge is -2.32. The Morgan fingerprint density at radius 1 is 1.28 bits per heavy atom. The summed E-state index contributed by atoms with van der Waals surface area (Å²) in [4.78, 5) is 0. The highest BCUT2D eigenvalue weighted by Crippen LogP contribution is 2.25. The van der Waals surface area contributed by atoms with Gasteiger partial charge in [0.1, 0.15) is 6.10 Å². The SMILES string of the molecule is CCCNC1CCCCC1Oc1ccccc1F. The summed E-state index contributed by atoms with van der Waals surface area (Å²) in [5.74, 6) is 0.116. The zero-order valence-corrected chi connectivity index (χ0v) is 11.0. The van der Waals surface area contributed by atoms with E-state index in [4.69, 9.17) is 4.74 Å². The highest BCUT2D eigenvalue weighted by atomic mass is 19.1. The summed E-state index contributed by atoms with van der Waals surface area (Å²) in [6.07, 6.45) is 5.75. The van der Waals surface area contributed by atoms with E-state index in [1.54, 1.807) is 12.1 Å². The van der Waals surface area contributed by atoms with Gasteiger partial charge in [0, 0.05) is 6.04 Å². The van der Waals surface area contributed by atoms with Gasteiger partial charge in [-0.05, 0) is 44.4 Å².